The van der Waals surface area contributed by atoms with Crippen molar-refractivity contribution < 1.29 is 0 Å². The first-order valence-corrected chi connectivity index (χ1v) is 11.6. The molecule has 0 bridgehead atoms. The average Bonchev–Trinajstić information content (AvgIpc) is 3.14. The molecule has 0 saturated carbocycles. The number of likely N-dealkylation sites (tertiary alicyclic amines) is 1. The molecule has 1 saturated heterocycles. The van der Waals surface area contributed by atoms with Gasteiger partial charge in [-0.25, -0.2) is 9.78 Å². The molecular weight excluding hydrogens is 390 g/mol. The molecule has 3 heterocycles. The molecule has 0 spiro atoms. The number of piperidine rings is 1. The van der Waals surface area contributed by atoms with Crippen LogP contribution in [0.1, 0.15) is 50.9 Å². The third-order valence-electron chi connectivity index (χ3n) is 6.46. The SMILES string of the molecule is CCCCn1c(=O)[nH]c(=O)c2c1nc(CN1CCC(Cc3ccccc3)CC1)n2CC. The Morgan fingerprint density at radius 1 is 1.06 bits per heavy atom. The third kappa shape index (κ3) is 4.66. The number of unbranched alkanes of at least 4 members (excludes halogenated alkanes) is 1. The Hall–Kier alpha value is -2.67. The predicted molar refractivity (Wildman–Crippen MR) is 123 cm³/mol. The Morgan fingerprint density at radius 3 is 2.48 bits per heavy atom. The molecular formula is C24H33N5O2. The number of hydrogen-bond acceptors (Lipinski definition) is 4. The minimum atomic E-state index is -0.361. The lowest BCUT2D eigenvalue weighted by Gasteiger charge is -2.31. The van der Waals surface area contributed by atoms with E-state index in [1.165, 1.54) is 18.4 Å². The standard InChI is InChI=1S/C24H33N5O2/c1-3-5-13-29-22-21(23(30)26-24(29)31)28(4-2)20(25-22)17-27-14-11-19(12-15-27)16-18-9-7-6-8-10-18/h6-10,19H,3-5,11-17H2,1-2H3,(H,26,30,31). The number of imidazole rings is 1. The quantitative estimate of drug-likeness (QED) is 0.604. The minimum absolute atomic E-state index is 0.338. The van der Waals surface area contributed by atoms with Crippen LogP contribution in [0.5, 0.6) is 0 Å². The number of aryl methyl sites for hydroxylation is 2. The molecule has 0 radical (unpaired) electrons. The minimum Gasteiger partial charge on any atom is -0.321 e. The van der Waals surface area contributed by atoms with Crippen LogP contribution in [0.2, 0.25) is 0 Å². The van der Waals surface area contributed by atoms with E-state index in [0.717, 1.165) is 38.2 Å². The molecule has 3 aromatic rings. The largest absolute Gasteiger partial charge is 0.330 e. The van der Waals surface area contributed by atoms with Crippen LogP contribution in [0, 0.1) is 5.92 Å². The summed E-state index contributed by atoms with van der Waals surface area (Å²) in [5.74, 6) is 1.59. The van der Waals surface area contributed by atoms with E-state index in [0.29, 0.717) is 36.7 Å². The highest BCUT2D eigenvalue weighted by atomic mass is 16.2. The lowest BCUT2D eigenvalue weighted by molar-refractivity contribution is 0.172. The smallest absolute Gasteiger partial charge is 0.321 e. The van der Waals surface area contributed by atoms with Gasteiger partial charge in [0.1, 0.15) is 5.82 Å². The van der Waals surface area contributed by atoms with Crippen LogP contribution in [0.3, 0.4) is 0 Å². The summed E-state index contributed by atoms with van der Waals surface area (Å²) in [5.41, 5.74) is 1.76. The zero-order valence-corrected chi connectivity index (χ0v) is 18.6. The van der Waals surface area contributed by atoms with E-state index in [9.17, 15) is 9.59 Å². The van der Waals surface area contributed by atoms with Gasteiger partial charge in [0.15, 0.2) is 11.2 Å². The summed E-state index contributed by atoms with van der Waals surface area (Å²) in [7, 11) is 0. The number of nitrogens with zero attached hydrogens (tertiary/aromatic N) is 4. The van der Waals surface area contributed by atoms with Crippen molar-refractivity contribution in [2.45, 2.75) is 65.6 Å². The highest BCUT2D eigenvalue weighted by molar-refractivity contribution is 5.71. The molecule has 7 heteroatoms. The summed E-state index contributed by atoms with van der Waals surface area (Å²) < 4.78 is 3.61. The van der Waals surface area contributed by atoms with Gasteiger partial charge < -0.3 is 4.57 Å². The van der Waals surface area contributed by atoms with Gasteiger partial charge in [0, 0.05) is 13.1 Å². The molecule has 0 aliphatic carbocycles. The number of fused-ring (bicyclic) bond motifs is 1. The van der Waals surface area contributed by atoms with E-state index >= 15 is 0 Å². The molecule has 1 aliphatic rings. The lowest BCUT2D eigenvalue weighted by Crippen LogP contribution is -2.34. The zero-order chi connectivity index (χ0) is 21.8. The summed E-state index contributed by atoms with van der Waals surface area (Å²) in [5, 5.41) is 0. The van der Waals surface area contributed by atoms with Crippen LogP contribution >= 0.6 is 0 Å². The van der Waals surface area contributed by atoms with Crippen LogP contribution in [0.4, 0.5) is 0 Å². The van der Waals surface area contributed by atoms with Gasteiger partial charge in [-0.1, -0.05) is 43.7 Å². The van der Waals surface area contributed by atoms with Crippen molar-refractivity contribution >= 4 is 11.2 Å². The zero-order valence-electron chi connectivity index (χ0n) is 18.6. The monoisotopic (exact) mass is 423 g/mol. The number of hydrogen-bond donors (Lipinski definition) is 1. The van der Waals surface area contributed by atoms with E-state index in [2.05, 4.69) is 47.1 Å². The first-order chi connectivity index (χ1) is 15.1. The highest BCUT2D eigenvalue weighted by Gasteiger charge is 2.23. The van der Waals surface area contributed by atoms with E-state index in [1.54, 1.807) is 4.57 Å². The Bertz CT molecular complexity index is 1120. The van der Waals surface area contributed by atoms with Crippen LogP contribution in [0.15, 0.2) is 39.9 Å². The van der Waals surface area contributed by atoms with E-state index in [4.69, 9.17) is 4.98 Å². The molecule has 1 aliphatic heterocycles. The molecule has 0 unspecified atom stereocenters. The van der Waals surface area contributed by atoms with Gasteiger partial charge in [0.05, 0.1) is 6.54 Å². The number of aromatic amines is 1. The van der Waals surface area contributed by atoms with Crippen LogP contribution in [-0.2, 0) is 26.1 Å². The highest BCUT2D eigenvalue weighted by Crippen LogP contribution is 2.23. The number of aromatic nitrogens is 4. The van der Waals surface area contributed by atoms with Gasteiger partial charge in [-0.2, -0.15) is 0 Å². The summed E-state index contributed by atoms with van der Waals surface area (Å²) >= 11 is 0. The number of nitrogens with one attached hydrogen (secondary N) is 1. The fourth-order valence-electron chi connectivity index (χ4n) is 4.70. The lowest BCUT2D eigenvalue weighted by atomic mass is 9.90. The molecule has 1 aromatic carbocycles. The van der Waals surface area contributed by atoms with Gasteiger partial charge >= 0.3 is 5.69 Å². The first-order valence-electron chi connectivity index (χ1n) is 11.6. The number of benzene rings is 1. The molecule has 2 aromatic heterocycles. The van der Waals surface area contributed by atoms with Crippen molar-refractivity contribution in [2.24, 2.45) is 5.92 Å². The average molecular weight is 424 g/mol. The van der Waals surface area contributed by atoms with Crippen molar-refractivity contribution in [3.8, 4) is 0 Å². The molecule has 166 valence electrons. The van der Waals surface area contributed by atoms with Crippen LogP contribution < -0.4 is 11.2 Å². The van der Waals surface area contributed by atoms with E-state index in [1.807, 2.05) is 11.5 Å². The van der Waals surface area contributed by atoms with Crippen LogP contribution in [0.25, 0.3) is 11.2 Å². The fourth-order valence-corrected chi connectivity index (χ4v) is 4.70. The number of rotatable bonds is 8. The molecule has 4 rings (SSSR count). The Kier molecular flexibility index (Phi) is 6.70. The molecule has 31 heavy (non-hydrogen) atoms. The first kappa shape index (κ1) is 21.6. The molecule has 7 nitrogen and oxygen atoms in total. The summed E-state index contributed by atoms with van der Waals surface area (Å²) in [6.45, 7) is 8.12. The Morgan fingerprint density at radius 2 is 1.81 bits per heavy atom. The molecule has 0 amide bonds. The topological polar surface area (TPSA) is 75.9 Å². The van der Waals surface area contributed by atoms with Crippen molar-refractivity contribution in [3.05, 3.63) is 62.6 Å². The van der Waals surface area contributed by atoms with Gasteiger partial charge in [-0.15, -0.1) is 0 Å². The van der Waals surface area contributed by atoms with Gasteiger partial charge in [-0.05, 0) is 57.2 Å². The third-order valence-corrected chi connectivity index (χ3v) is 6.46. The summed E-state index contributed by atoms with van der Waals surface area (Å²) in [4.78, 5) is 34.7. The van der Waals surface area contributed by atoms with Gasteiger partial charge in [0.2, 0.25) is 0 Å². The van der Waals surface area contributed by atoms with Crippen molar-refractivity contribution in [3.63, 3.8) is 0 Å². The second-order valence-corrected chi connectivity index (χ2v) is 8.62. The van der Waals surface area contributed by atoms with Crippen molar-refractivity contribution in [1.82, 2.24) is 24.0 Å². The molecule has 1 fully saturated rings. The molecule has 0 atom stereocenters. The van der Waals surface area contributed by atoms with E-state index in [-0.39, 0.29) is 11.2 Å². The Labute approximate surface area is 182 Å². The second-order valence-electron chi connectivity index (χ2n) is 8.62. The summed E-state index contributed by atoms with van der Waals surface area (Å²) in [6, 6.07) is 10.7. The fraction of sp³-hybridized carbons (Fsp3) is 0.542. The number of H-pyrrole nitrogens is 1. The van der Waals surface area contributed by atoms with E-state index < -0.39 is 0 Å². The van der Waals surface area contributed by atoms with Gasteiger partial charge in [0.25, 0.3) is 5.56 Å². The predicted octanol–water partition coefficient (Wildman–Crippen LogP) is 3.16. The maximum absolute atomic E-state index is 12.6. The Balaban J connectivity index is 1.51. The molecule has 1 N–H and O–H groups in total. The maximum Gasteiger partial charge on any atom is 0.330 e. The van der Waals surface area contributed by atoms with Gasteiger partial charge in [-0.3, -0.25) is 19.2 Å². The summed E-state index contributed by atoms with van der Waals surface area (Å²) in [6.07, 6.45) is 5.34. The van der Waals surface area contributed by atoms with Crippen molar-refractivity contribution in [2.75, 3.05) is 13.1 Å². The van der Waals surface area contributed by atoms with Crippen molar-refractivity contribution in [1.29, 1.82) is 0 Å². The second kappa shape index (κ2) is 9.64. The normalized spacial score (nSPS) is 15.7. The maximum atomic E-state index is 12.6. The van der Waals surface area contributed by atoms with Crippen LogP contribution in [-0.4, -0.2) is 37.1 Å².